The number of nitrogens with zero attached hydrogens (tertiary/aromatic N) is 5. The Morgan fingerprint density at radius 1 is 1.38 bits per heavy atom. The van der Waals surface area contributed by atoms with E-state index in [1.54, 1.807) is 23.1 Å². The first-order valence-electron chi connectivity index (χ1n) is 6.81. The van der Waals surface area contributed by atoms with Crippen LogP contribution >= 0.6 is 0 Å². The van der Waals surface area contributed by atoms with Crippen LogP contribution in [0.2, 0.25) is 0 Å². The van der Waals surface area contributed by atoms with Gasteiger partial charge in [0.2, 0.25) is 0 Å². The molecule has 0 saturated carbocycles. The van der Waals surface area contributed by atoms with Crippen molar-refractivity contribution >= 4 is 0 Å². The van der Waals surface area contributed by atoms with Gasteiger partial charge in [0.25, 0.3) is 5.89 Å². The second-order valence-corrected chi connectivity index (χ2v) is 4.58. The zero-order chi connectivity index (χ0) is 14.5. The number of furan rings is 1. The molecule has 3 aromatic heterocycles. The van der Waals surface area contributed by atoms with Gasteiger partial charge in [0.05, 0.1) is 18.2 Å². The molecule has 0 spiro atoms. The van der Waals surface area contributed by atoms with Gasteiger partial charge in [-0.15, -0.1) is 5.10 Å². The molecule has 3 aromatic rings. The van der Waals surface area contributed by atoms with Gasteiger partial charge in [-0.1, -0.05) is 17.3 Å². The fourth-order valence-electron chi connectivity index (χ4n) is 1.85. The number of hydrogen-bond donors (Lipinski definition) is 1. The number of aromatic nitrogens is 5. The van der Waals surface area contributed by atoms with Crippen molar-refractivity contribution in [2.24, 2.45) is 0 Å². The smallest absolute Gasteiger partial charge is 0.293 e. The van der Waals surface area contributed by atoms with Gasteiger partial charge in [-0.05, 0) is 25.1 Å². The molecule has 0 aliphatic rings. The minimum absolute atomic E-state index is 0.361. The van der Waals surface area contributed by atoms with Crippen molar-refractivity contribution < 1.29 is 8.94 Å². The third-order valence-corrected chi connectivity index (χ3v) is 2.82. The molecule has 0 aromatic carbocycles. The topological polar surface area (TPSA) is 94.8 Å². The van der Waals surface area contributed by atoms with Crippen LogP contribution in [0.5, 0.6) is 0 Å². The van der Waals surface area contributed by atoms with E-state index in [0.717, 1.165) is 18.7 Å². The molecule has 0 fully saturated rings. The molecule has 0 radical (unpaired) electrons. The Morgan fingerprint density at radius 3 is 3.14 bits per heavy atom. The van der Waals surface area contributed by atoms with Crippen molar-refractivity contribution in [2.75, 3.05) is 6.54 Å². The Hall–Kier alpha value is -2.48. The van der Waals surface area contributed by atoms with Crippen LogP contribution in [-0.2, 0) is 13.1 Å². The average molecular weight is 288 g/mol. The maximum atomic E-state index is 5.20. The summed E-state index contributed by atoms with van der Waals surface area (Å²) in [6, 6.07) is 3.54. The molecule has 110 valence electrons. The summed E-state index contributed by atoms with van der Waals surface area (Å²) in [5.74, 6) is 1.44. The van der Waals surface area contributed by atoms with E-state index in [-0.39, 0.29) is 0 Å². The Bertz CT molecular complexity index is 672. The fourth-order valence-corrected chi connectivity index (χ4v) is 1.85. The maximum absolute atomic E-state index is 5.20. The summed E-state index contributed by atoms with van der Waals surface area (Å²) in [6.07, 6.45) is 4.52. The first kappa shape index (κ1) is 13.5. The van der Waals surface area contributed by atoms with E-state index >= 15 is 0 Å². The van der Waals surface area contributed by atoms with E-state index in [1.165, 1.54) is 0 Å². The van der Waals surface area contributed by atoms with Crippen LogP contribution in [0.1, 0.15) is 24.9 Å². The summed E-state index contributed by atoms with van der Waals surface area (Å²) in [5.41, 5.74) is 0.887. The molecule has 0 amide bonds. The molecule has 3 heterocycles. The summed E-state index contributed by atoms with van der Waals surface area (Å²) in [7, 11) is 0. The first-order chi connectivity index (χ1) is 10.3. The van der Waals surface area contributed by atoms with Crippen LogP contribution in [0.15, 0.2) is 33.5 Å². The molecule has 0 atom stereocenters. The normalized spacial score (nSPS) is 11.1. The van der Waals surface area contributed by atoms with Crippen molar-refractivity contribution in [2.45, 2.75) is 26.4 Å². The molecular weight excluding hydrogens is 272 g/mol. The van der Waals surface area contributed by atoms with Gasteiger partial charge >= 0.3 is 0 Å². The van der Waals surface area contributed by atoms with Crippen molar-refractivity contribution in [1.29, 1.82) is 0 Å². The third-order valence-electron chi connectivity index (χ3n) is 2.82. The van der Waals surface area contributed by atoms with E-state index in [1.807, 2.05) is 6.20 Å². The van der Waals surface area contributed by atoms with Gasteiger partial charge in [0.15, 0.2) is 11.6 Å². The number of hydrogen-bond acceptors (Lipinski definition) is 7. The highest BCUT2D eigenvalue weighted by Crippen LogP contribution is 2.17. The monoisotopic (exact) mass is 288 g/mol. The molecular formula is C13H16N6O2. The summed E-state index contributed by atoms with van der Waals surface area (Å²) in [6.45, 7) is 4.20. The van der Waals surface area contributed by atoms with Gasteiger partial charge in [0.1, 0.15) is 6.54 Å². The minimum Gasteiger partial charge on any atom is -0.459 e. The fraction of sp³-hybridized carbons (Fsp3) is 0.385. The molecule has 0 saturated heterocycles. The van der Waals surface area contributed by atoms with E-state index < -0.39 is 0 Å². The van der Waals surface area contributed by atoms with Crippen LogP contribution < -0.4 is 5.32 Å². The maximum Gasteiger partial charge on any atom is 0.293 e. The summed E-state index contributed by atoms with van der Waals surface area (Å²) in [5, 5.41) is 15.3. The lowest BCUT2D eigenvalue weighted by Crippen LogP contribution is -2.13. The lowest BCUT2D eigenvalue weighted by atomic mass is 10.4. The largest absolute Gasteiger partial charge is 0.459 e. The Labute approximate surface area is 121 Å². The van der Waals surface area contributed by atoms with Crippen molar-refractivity contribution in [3.63, 3.8) is 0 Å². The highest BCUT2D eigenvalue weighted by molar-refractivity contribution is 5.42. The third kappa shape index (κ3) is 3.34. The highest BCUT2D eigenvalue weighted by Gasteiger charge is 2.12. The molecule has 0 bridgehead atoms. The van der Waals surface area contributed by atoms with E-state index in [4.69, 9.17) is 8.94 Å². The minimum atomic E-state index is 0.361. The highest BCUT2D eigenvalue weighted by atomic mass is 16.5. The molecule has 8 heteroatoms. The molecule has 1 N–H and O–H groups in total. The predicted octanol–water partition coefficient (Wildman–Crippen LogP) is 1.47. The van der Waals surface area contributed by atoms with Crippen LogP contribution in [0.3, 0.4) is 0 Å². The van der Waals surface area contributed by atoms with Crippen LogP contribution in [0, 0.1) is 0 Å². The van der Waals surface area contributed by atoms with E-state index in [0.29, 0.717) is 30.6 Å². The zero-order valence-electron chi connectivity index (χ0n) is 11.7. The lowest BCUT2D eigenvalue weighted by molar-refractivity contribution is 0.406. The Morgan fingerprint density at radius 2 is 2.33 bits per heavy atom. The quantitative estimate of drug-likeness (QED) is 0.658. The van der Waals surface area contributed by atoms with Gasteiger partial charge in [-0.2, -0.15) is 4.98 Å². The van der Waals surface area contributed by atoms with Crippen molar-refractivity contribution in [3.8, 4) is 11.7 Å². The standard InChI is InChI=1S/C13H16N6O2/c1-2-5-14-7-10-8-19(18-16-10)9-12-15-13(21-17-12)11-4-3-6-20-11/h3-4,6,8,14H,2,5,7,9H2,1H3. The van der Waals surface area contributed by atoms with Gasteiger partial charge in [-0.3, -0.25) is 0 Å². The summed E-state index contributed by atoms with van der Waals surface area (Å²) in [4.78, 5) is 4.26. The second kappa shape index (κ2) is 6.31. The van der Waals surface area contributed by atoms with Crippen molar-refractivity contribution in [1.82, 2.24) is 30.5 Å². The lowest BCUT2D eigenvalue weighted by Gasteiger charge is -1.97. The van der Waals surface area contributed by atoms with E-state index in [2.05, 4.69) is 32.7 Å². The van der Waals surface area contributed by atoms with Crippen LogP contribution in [0.4, 0.5) is 0 Å². The van der Waals surface area contributed by atoms with Gasteiger partial charge in [-0.25, -0.2) is 4.68 Å². The van der Waals surface area contributed by atoms with Gasteiger partial charge < -0.3 is 14.3 Å². The molecule has 3 rings (SSSR count). The number of nitrogens with one attached hydrogen (secondary N) is 1. The van der Waals surface area contributed by atoms with Crippen LogP contribution in [0.25, 0.3) is 11.7 Å². The molecule has 8 nitrogen and oxygen atoms in total. The average Bonchev–Trinajstić information content (AvgIpc) is 3.20. The molecule has 21 heavy (non-hydrogen) atoms. The zero-order valence-corrected chi connectivity index (χ0v) is 11.7. The predicted molar refractivity (Wildman–Crippen MR) is 73.1 cm³/mol. The van der Waals surface area contributed by atoms with E-state index in [9.17, 15) is 0 Å². The Balaban J connectivity index is 1.61. The Kier molecular flexibility index (Phi) is 4.06. The summed E-state index contributed by atoms with van der Waals surface area (Å²) < 4.78 is 12.0. The molecule has 0 aliphatic heterocycles. The van der Waals surface area contributed by atoms with Crippen LogP contribution in [-0.4, -0.2) is 31.7 Å². The van der Waals surface area contributed by atoms with Crippen molar-refractivity contribution in [3.05, 3.63) is 36.1 Å². The molecule has 0 unspecified atom stereocenters. The first-order valence-corrected chi connectivity index (χ1v) is 6.81. The summed E-state index contributed by atoms with van der Waals surface area (Å²) >= 11 is 0. The number of rotatable bonds is 7. The second-order valence-electron chi connectivity index (χ2n) is 4.58. The van der Waals surface area contributed by atoms with Gasteiger partial charge in [0, 0.05) is 6.54 Å². The SMILES string of the molecule is CCCNCc1cn(Cc2noc(-c3ccco3)n2)nn1. The molecule has 0 aliphatic carbocycles.